The number of piperazine rings is 1. The third kappa shape index (κ3) is 5.51. The maximum atomic E-state index is 12.8. The van der Waals surface area contributed by atoms with Crippen molar-refractivity contribution in [3.05, 3.63) is 47.0 Å². The molecule has 0 N–H and O–H groups in total. The van der Waals surface area contributed by atoms with E-state index in [0.717, 1.165) is 61.3 Å². The predicted octanol–water partition coefficient (Wildman–Crippen LogP) is 2.52. The number of amides is 1. The summed E-state index contributed by atoms with van der Waals surface area (Å²) in [6.07, 6.45) is 0. The van der Waals surface area contributed by atoms with Crippen LogP contribution < -0.4 is 18.9 Å². The number of hydrogen-bond acceptors (Lipinski definition) is 7. The van der Waals surface area contributed by atoms with Gasteiger partial charge in [0, 0.05) is 39.3 Å². The number of rotatable bonds is 8. The smallest absolute Gasteiger partial charge is 0.236 e. The Balaban J connectivity index is 1.26. The van der Waals surface area contributed by atoms with Crippen LogP contribution in [0.1, 0.15) is 16.7 Å². The summed E-state index contributed by atoms with van der Waals surface area (Å²) in [5, 5.41) is 0. The van der Waals surface area contributed by atoms with Gasteiger partial charge in [-0.2, -0.15) is 0 Å². The molecule has 8 nitrogen and oxygen atoms in total. The van der Waals surface area contributed by atoms with Gasteiger partial charge in [0.1, 0.15) is 0 Å². The van der Waals surface area contributed by atoms with E-state index in [1.165, 1.54) is 11.1 Å². The van der Waals surface area contributed by atoms with E-state index in [4.69, 9.17) is 18.9 Å². The van der Waals surface area contributed by atoms with Crippen LogP contribution >= 0.6 is 0 Å². The van der Waals surface area contributed by atoms with Crippen LogP contribution in [-0.2, 0) is 17.9 Å². The van der Waals surface area contributed by atoms with Gasteiger partial charge in [-0.05, 0) is 54.9 Å². The van der Waals surface area contributed by atoms with Gasteiger partial charge in [0.15, 0.2) is 23.0 Å². The molecule has 0 spiro atoms. The third-order valence-electron chi connectivity index (χ3n) is 6.26. The van der Waals surface area contributed by atoms with E-state index in [1.54, 1.807) is 14.2 Å². The third-order valence-corrected chi connectivity index (χ3v) is 6.26. The van der Waals surface area contributed by atoms with Crippen molar-refractivity contribution in [2.24, 2.45) is 0 Å². The molecular weight excluding hydrogens is 422 g/mol. The minimum absolute atomic E-state index is 0.167. The van der Waals surface area contributed by atoms with Gasteiger partial charge in [-0.15, -0.1) is 0 Å². The SMILES string of the molecule is COc1cc(C)c(CN2CCN(C(=O)CN(C)Cc3ccc4c(c3)OCO4)CC2)cc1OC. The van der Waals surface area contributed by atoms with E-state index in [1.807, 2.05) is 41.1 Å². The Morgan fingerprint density at radius 3 is 2.42 bits per heavy atom. The fourth-order valence-corrected chi connectivity index (χ4v) is 4.33. The van der Waals surface area contributed by atoms with Crippen LogP contribution in [0.25, 0.3) is 0 Å². The van der Waals surface area contributed by atoms with Gasteiger partial charge >= 0.3 is 0 Å². The molecular formula is C25H33N3O5. The minimum atomic E-state index is 0.167. The molecule has 2 aromatic carbocycles. The van der Waals surface area contributed by atoms with Gasteiger partial charge in [-0.25, -0.2) is 0 Å². The fraction of sp³-hybridized carbons (Fsp3) is 0.480. The molecule has 2 heterocycles. The van der Waals surface area contributed by atoms with Crippen LogP contribution in [-0.4, -0.2) is 81.4 Å². The second kappa shape index (κ2) is 10.3. The first-order chi connectivity index (χ1) is 16.0. The van der Waals surface area contributed by atoms with Crippen LogP contribution in [0.5, 0.6) is 23.0 Å². The van der Waals surface area contributed by atoms with Crippen molar-refractivity contribution in [3.8, 4) is 23.0 Å². The first-order valence-corrected chi connectivity index (χ1v) is 11.3. The van der Waals surface area contributed by atoms with E-state index < -0.39 is 0 Å². The standard InChI is InChI=1S/C25H33N3O5/c1-18-11-22(30-3)23(31-4)13-20(18)15-27-7-9-28(10-8-27)25(29)16-26(2)14-19-5-6-21-24(12-19)33-17-32-21/h5-6,11-13H,7-10,14-17H2,1-4H3. The monoisotopic (exact) mass is 455 g/mol. The Kier molecular flexibility index (Phi) is 7.25. The Labute approximate surface area is 195 Å². The zero-order valence-corrected chi connectivity index (χ0v) is 19.9. The van der Waals surface area contributed by atoms with Crippen LogP contribution in [0.2, 0.25) is 0 Å². The lowest BCUT2D eigenvalue weighted by molar-refractivity contribution is -0.134. The molecule has 8 heteroatoms. The summed E-state index contributed by atoms with van der Waals surface area (Å²) >= 11 is 0. The lowest BCUT2D eigenvalue weighted by Gasteiger charge is -2.35. The molecule has 0 bridgehead atoms. The number of likely N-dealkylation sites (N-methyl/N-ethyl adjacent to an activating group) is 1. The van der Waals surface area contributed by atoms with E-state index in [-0.39, 0.29) is 12.7 Å². The summed E-state index contributed by atoms with van der Waals surface area (Å²) in [7, 11) is 5.28. The van der Waals surface area contributed by atoms with Crippen molar-refractivity contribution in [1.82, 2.24) is 14.7 Å². The molecule has 1 saturated heterocycles. The predicted molar refractivity (Wildman–Crippen MR) is 125 cm³/mol. The van der Waals surface area contributed by atoms with Gasteiger partial charge in [0.25, 0.3) is 0 Å². The number of carbonyl (C=O) groups is 1. The van der Waals surface area contributed by atoms with Crippen LogP contribution in [0.4, 0.5) is 0 Å². The second-order valence-corrected chi connectivity index (χ2v) is 8.65. The maximum absolute atomic E-state index is 12.8. The molecule has 4 rings (SSSR count). The Hall–Kier alpha value is -2.97. The first-order valence-electron chi connectivity index (χ1n) is 11.3. The summed E-state index contributed by atoms with van der Waals surface area (Å²) in [5.41, 5.74) is 3.50. The Morgan fingerprint density at radius 1 is 1.00 bits per heavy atom. The first kappa shape index (κ1) is 23.2. The Morgan fingerprint density at radius 2 is 1.70 bits per heavy atom. The largest absolute Gasteiger partial charge is 0.493 e. The second-order valence-electron chi connectivity index (χ2n) is 8.65. The van der Waals surface area contributed by atoms with Crippen LogP contribution in [0.3, 0.4) is 0 Å². The number of ether oxygens (including phenoxy) is 4. The zero-order valence-electron chi connectivity index (χ0n) is 19.9. The maximum Gasteiger partial charge on any atom is 0.236 e. The number of carbonyl (C=O) groups excluding carboxylic acids is 1. The van der Waals surface area contributed by atoms with Gasteiger partial charge in [0.2, 0.25) is 12.7 Å². The van der Waals surface area contributed by atoms with E-state index in [9.17, 15) is 4.79 Å². The summed E-state index contributed by atoms with van der Waals surface area (Å²) in [6, 6.07) is 10.00. The van der Waals surface area contributed by atoms with Gasteiger partial charge in [-0.3, -0.25) is 14.6 Å². The number of fused-ring (bicyclic) bond motifs is 1. The highest BCUT2D eigenvalue weighted by atomic mass is 16.7. The summed E-state index contributed by atoms with van der Waals surface area (Å²) in [6.45, 7) is 7.45. The number of hydrogen-bond donors (Lipinski definition) is 0. The minimum Gasteiger partial charge on any atom is -0.493 e. The highest BCUT2D eigenvalue weighted by Gasteiger charge is 2.23. The molecule has 0 radical (unpaired) electrons. The number of aryl methyl sites for hydroxylation is 1. The van der Waals surface area contributed by atoms with Crippen molar-refractivity contribution in [2.45, 2.75) is 20.0 Å². The average molecular weight is 456 g/mol. The highest BCUT2D eigenvalue weighted by molar-refractivity contribution is 5.78. The molecule has 0 aliphatic carbocycles. The molecule has 0 unspecified atom stereocenters. The average Bonchev–Trinajstić information content (AvgIpc) is 3.28. The normalized spacial score (nSPS) is 15.7. The van der Waals surface area contributed by atoms with Crippen LogP contribution in [0, 0.1) is 6.92 Å². The topological polar surface area (TPSA) is 63.7 Å². The fourth-order valence-electron chi connectivity index (χ4n) is 4.33. The van der Waals surface area contributed by atoms with Crippen molar-refractivity contribution in [2.75, 3.05) is 60.8 Å². The molecule has 2 aromatic rings. The van der Waals surface area contributed by atoms with E-state index in [2.05, 4.69) is 17.9 Å². The summed E-state index contributed by atoms with van der Waals surface area (Å²) in [5.74, 6) is 3.21. The van der Waals surface area contributed by atoms with Crippen molar-refractivity contribution >= 4 is 5.91 Å². The lowest BCUT2D eigenvalue weighted by Crippen LogP contribution is -2.50. The quantitative estimate of drug-likeness (QED) is 0.606. The van der Waals surface area contributed by atoms with Crippen molar-refractivity contribution in [3.63, 3.8) is 0 Å². The van der Waals surface area contributed by atoms with Gasteiger partial charge in [0.05, 0.1) is 20.8 Å². The lowest BCUT2D eigenvalue weighted by atomic mass is 10.1. The van der Waals surface area contributed by atoms with Crippen LogP contribution in [0.15, 0.2) is 30.3 Å². The number of benzene rings is 2. The van der Waals surface area contributed by atoms with Crippen molar-refractivity contribution in [1.29, 1.82) is 0 Å². The number of methoxy groups -OCH3 is 2. The molecule has 0 aromatic heterocycles. The molecule has 1 amide bonds. The van der Waals surface area contributed by atoms with Gasteiger partial charge in [-0.1, -0.05) is 6.07 Å². The van der Waals surface area contributed by atoms with Gasteiger partial charge < -0.3 is 23.8 Å². The molecule has 2 aliphatic heterocycles. The summed E-state index contributed by atoms with van der Waals surface area (Å²) < 4.78 is 21.7. The molecule has 0 atom stereocenters. The zero-order chi connectivity index (χ0) is 23.4. The molecule has 33 heavy (non-hydrogen) atoms. The van der Waals surface area contributed by atoms with E-state index >= 15 is 0 Å². The summed E-state index contributed by atoms with van der Waals surface area (Å²) in [4.78, 5) is 19.2. The Bertz CT molecular complexity index is 988. The molecule has 1 fully saturated rings. The highest BCUT2D eigenvalue weighted by Crippen LogP contribution is 2.33. The molecule has 178 valence electrons. The molecule has 2 aliphatic rings. The van der Waals surface area contributed by atoms with E-state index in [0.29, 0.717) is 13.1 Å². The number of nitrogens with zero attached hydrogens (tertiary/aromatic N) is 3. The van der Waals surface area contributed by atoms with Crippen molar-refractivity contribution < 1.29 is 23.7 Å². The molecule has 0 saturated carbocycles.